The third-order valence-corrected chi connectivity index (χ3v) is 12.9. The number of rotatable bonds is 15. The zero-order valence-electron chi connectivity index (χ0n) is 31.6. The van der Waals surface area contributed by atoms with E-state index in [1.165, 1.54) is 16.8 Å². The molecule has 1 aliphatic rings. The number of carbonyl (C=O) groups is 1. The fourth-order valence-corrected chi connectivity index (χ4v) is 10.2. The maximum absolute atomic E-state index is 14.1. The van der Waals surface area contributed by atoms with Crippen molar-refractivity contribution >= 4 is 29.7 Å². The van der Waals surface area contributed by atoms with Crippen LogP contribution in [0.5, 0.6) is 11.5 Å². The second kappa shape index (κ2) is 17.8. The van der Waals surface area contributed by atoms with Crippen LogP contribution in [-0.4, -0.2) is 55.2 Å². The largest absolute Gasteiger partial charge is 0.497 e. The Hall–Kier alpha value is -5.49. The second-order valence-electron chi connectivity index (χ2n) is 13.3. The van der Waals surface area contributed by atoms with Gasteiger partial charge in [-0.15, -0.1) is 0 Å². The lowest BCUT2D eigenvalue weighted by Crippen LogP contribution is -2.38. The molecule has 4 atom stereocenters. The predicted octanol–water partition coefficient (Wildman–Crippen LogP) is 8.81. The molecule has 2 heterocycles. The number of nitrogens with zero attached hydrogens (tertiary/aromatic N) is 2. The number of hydrogen-bond acceptors (Lipinski definition) is 10. The normalized spacial score (nSPS) is 17.7. The van der Waals surface area contributed by atoms with E-state index in [0.29, 0.717) is 17.1 Å². The molecule has 1 N–H and O–H groups in total. The van der Waals surface area contributed by atoms with Crippen LogP contribution >= 0.6 is 18.0 Å². The molecule has 1 unspecified atom stereocenters. The fraction of sp³-hybridized carbons (Fsp3) is 0.205. The molecule has 1 fully saturated rings. The summed E-state index contributed by atoms with van der Waals surface area (Å²) in [5, 5.41) is 2.68. The third kappa shape index (κ3) is 9.23. The number of anilines is 1. The molecule has 1 aromatic heterocycles. The van der Waals surface area contributed by atoms with Crippen LogP contribution in [-0.2, 0) is 24.2 Å². The summed E-state index contributed by atoms with van der Waals surface area (Å²) >= 11 is 1.15. The van der Waals surface area contributed by atoms with Gasteiger partial charge in [-0.3, -0.25) is 13.9 Å². The summed E-state index contributed by atoms with van der Waals surface area (Å²) in [5.41, 5.74) is 1.11. The number of methoxy groups -OCH3 is 2. The van der Waals surface area contributed by atoms with E-state index in [2.05, 4.69) is 10.3 Å². The third-order valence-electron chi connectivity index (χ3n) is 9.58. The molecule has 1 saturated heterocycles. The molecule has 57 heavy (non-hydrogen) atoms. The first-order chi connectivity index (χ1) is 27.7. The van der Waals surface area contributed by atoms with Crippen LogP contribution in [0.3, 0.4) is 0 Å². The average molecular weight is 804 g/mol. The molecule has 0 spiro atoms. The van der Waals surface area contributed by atoms with E-state index in [1.54, 1.807) is 45.1 Å². The minimum Gasteiger partial charge on any atom is -0.497 e. The lowest BCUT2D eigenvalue weighted by atomic mass is 9.80. The van der Waals surface area contributed by atoms with Crippen molar-refractivity contribution in [1.29, 1.82) is 0 Å². The molecule has 11 nitrogen and oxygen atoms in total. The summed E-state index contributed by atoms with van der Waals surface area (Å²) in [6, 6.07) is 44.8. The van der Waals surface area contributed by atoms with Gasteiger partial charge < -0.3 is 28.8 Å². The molecule has 6 aromatic rings. The molecule has 0 radical (unpaired) electrons. The highest BCUT2D eigenvalue weighted by atomic mass is 32.7. The van der Waals surface area contributed by atoms with Crippen molar-refractivity contribution in [3.8, 4) is 11.5 Å². The summed E-state index contributed by atoms with van der Waals surface area (Å²) in [6.45, 7) is -1.79. The Morgan fingerprint density at radius 2 is 1.35 bits per heavy atom. The van der Waals surface area contributed by atoms with Gasteiger partial charge in [0.15, 0.2) is 0 Å². The van der Waals surface area contributed by atoms with Gasteiger partial charge in [-0.2, -0.15) is 4.98 Å². The van der Waals surface area contributed by atoms with Gasteiger partial charge in [0, 0.05) is 29.7 Å². The van der Waals surface area contributed by atoms with Gasteiger partial charge in [0.1, 0.15) is 35.2 Å². The average Bonchev–Trinajstić information content (AvgIpc) is 3.63. The number of amides is 1. The Bertz CT molecular complexity index is 2320. The number of carbonyl (C=O) groups excluding carboxylic acids is 1. The first-order valence-electron chi connectivity index (χ1n) is 18.3. The maximum atomic E-state index is 14.1. The lowest BCUT2D eigenvalue weighted by Gasteiger charge is -2.37. The Kier molecular flexibility index (Phi) is 12.4. The zero-order valence-corrected chi connectivity index (χ0v) is 33.3. The van der Waals surface area contributed by atoms with Crippen molar-refractivity contribution in [1.82, 2.24) is 9.55 Å². The molecule has 5 aromatic carbocycles. The van der Waals surface area contributed by atoms with Crippen LogP contribution in [0.1, 0.15) is 39.7 Å². The Morgan fingerprint density at radius 1 is 0.807 bits per heavy atom. The number of nitrogens with one attached hydrogen (secondary N) is 1. The molecule has 0 bridgehead atoms. The minimum absolute atomic E-state index is 0.0302. The summed E-state index contributed by atoms with van der Waals surface area (Å²) in [4.78, 5) is 31.2. The van der Waals surface area contributed by atoms with E-state index < -0.39 is 42.2 Å². The van der Waals surface area contributed by atoms with E-state index in [4.69, 9.17) is 23.5 Å². The van der Waals surface area contributed by atoms with Gasteiger partial charge in [0.2, 0.25) is 0 Å². The minimum atomic E-state index is -3.34. The van der Waals surface area contributed by atoms with Crippen molar-refractivity contribution < 1.29 is 32.8 Å². The van der Waals surface area contributed by atoms with Crippen LogP contribution in [0.2, 0.25) is 0 Å². The highest BCUT2D eigenvalue weighted by Gasteiger charge is 2.44. The van der Waals surface area contributed by atoms with E-state index in [1.807, 2.05) is 115 Å². The molecule has 292 valence electrons. The van der Waals surface area contributed by atoms with Gasteiger partial charge in [-0.1, -0.05) is 91.0 Å². The SMILES string of the molecule is COc1ccc(C(OC[C@H]2O[C@@H](n3ccc(NC(=O)c4ccccc4)nc3=O)C[C@@H]2OP(C)(=O)Sc2ccccc2)(c2ccccc2)c2ccc(OC)cc2)cc1. The summed E-state index contributed by atoms with van der Waals surface area (Å²) in [5.74, 6) is 1.07. The standard InChI is InChI=1S/C44H42N3O8PS/c1-51-35-23-19-33(20-24-35)44(32-15-9-5-10-16-32,34-21-25-36(52-2)26-22-34)53-30-39-38(55-56(3,50)57-37-17-11-6-12-18-37)29-41(54-39)47-28-27-40(46-43(47)49)45-42(48)31-13-7-4-8-14-31/h4-28,38-39,41H,29-30H2,1-3H3,(H,45,46,48,49)/t38-,39+,41+,56?/m0/s1. The van der Waals surface area contributed by atoms with Crippen LogP contribution < -0.4 is 20.5 Å². The Morgan fingerprint density at radius 3 is 1.91 bits per heavy atom. The van der Waals surface area contributed by atoms with E-state index in [-0.39, 0.29) is 18.8 Å². The predicted molar refractivity (Wildman–Crippen MR) is 220 cm³/mol. The van der Waals surface area contributed by atoms with E-state index in [9.17, 15) is 14.2 Å². The summed E-state index contributed by atoms with van der Waals surface area (Å²) in [6.07, 6.45) is -0.705. The first-order valence-corrected chi connectivity index (χ1v) is 21.8. The number of ether oxygens (including phenoxy) is 4. The first kappa shape index (κ1) is 39.7. The van der Waals surface area contributed by atoms with Gasteiger partial charge in [0.05, 0.1) is 26.9 Å². The zero-order chi connectivity index (χ0) is 39.8. The Labute approximate surface area is 335 Å². The van der Waals surface area contributed by atoms with Gasteiger partial charge in [-0.05, 0) is 82.7 Å². The monoisotopic (exact) mass is 803 g/mol. The van der Waals surface area contributed by atoms with Gasteiger partial charge in [0.25, 0.3) is 12.5 Å². The molecule has 0 saturated carbocycles. The van der Waals surface area contributed by atoms with Crippen molar-refractivity contribution in [3.05, 3.63) is 185 Å². The van der Waals surface area contributed by atoms with Crippen molar-refractivity contribution in [3.63, 3.8) is 0 Å². The summed E-state index contributed by atoms with van der Waals surface area (Å²) in [7, 11) is 3.23. The number of hydrogen-bond donors (Lipinski definition) is 1. The quantitative estimate of drug-likeness (QED) is 0.0795. The van der Waals surface area contributed by atoms with E-state index in [0.717, 1.165) is 33.0 Å². The van der Waals surface area contributed by atoms with Crippen LogP contribution in [0.15, 0.2) is 161 Å². The Balaban J connectivity index is 1.23. The molecule has 1 aliphatic heterocycles. The van der Waals surface area contributed by atoms with Crippen LogP contribution in [0, 0.1) is 0 Å². The fourth-order valence-electron chi connectivity index (χ4n) is 6.83. The lowest BCUT2D eigenvalue weighted by molar-refractivity contribution is -0.0911. The van der Waals surface area contributed by atoms with Crippen molar-refractivity contribution in [2.24, 2.45) is 0 Å². The second-order valence-corrected chi connectivity index (χ2v) is 18.3. The van der Waals surface area contributed by atoms with E-state index >= 15 is 0 Å². The smallest absolute Gasteiger partial charge is 0.351 e. The van der Waals surface area contributed by atoms with Crippen LogP contribution in [0.25, 0.3) is 0 Å². The molecular formula is C44H42N3O8PS. The number of aromatic nitrogens is 2. The van der Waals surface area contributed by atoms with Crippen molar-refractivity contribution in [2.45, 2.75) is 35.4 Å². The molecule has 1 amide bonds. The topological polar surface area (TPSA) is 127 Å². The molecule has 13 heteroatoms. The van der Waals surface area contributed by atoms with Gasteiger partial charge >= 0.3 is 5.69 Å². The highest BCUT2D eigenvalue weighted by molar-refractivity contribution is 8.56. The summed E-state index contributed by atoms with van der Waals surface area (Å²) < 4.78 is 46.7. The van der Waals surface area contributed by atoms with Crippen molar-refractivity contribution in [2.75, 3.05) is 32.8 Å². The molecule has 7 rings (SSSR count). The van der Waals surface area contributed by atoms with Gasteiger partial charge in [-0.25, -0.2) is 4.79 Å². The molecular weight excluding hydrogens is 762 g/mol. The number of benzene rings is 5. The highest BCUT2D eigenvalue weighted by Crippen LogP contribution is 2.61. The van der Waals surface area contributed by atoms with Crippen LogP contribution in [0.4, 0.5) is 5.82 Å². The molecule has 0 aliphatic carbocycles. The maximum Gasteiger partial charge on any atom is 0.351 e.